The first-order chi connectivity index (χ1) is 7.22. The molecule has 0 radical (unpaired) electrons. The van der Waals surface area contributed by atoms with Crippen molar-refractivity contribution in [1.82, 2.24) is 0 Å². The van der Waals surface area contributed by atoms with Gasteiger partial charge in [-0.25, -0.2) is 0 Å². The molecule has 0 saturated carbocycles. The van der Waals surface area contributed by atoms with Gasteiger partial charge in [0.05, 0.1) is 12.1 Å². The Balaban J connectivity index is 2.41. The van der Waals surface area contributed by atoms with Crippen molar-refractivity contribution in [2.24, 2.45) is 0 Å². The highest BCUT2D eigenvalue weighted by Gasteiger charge is 2.07. The fraction of sp³-hybridized carbons (Fsp3) is 0.167. The van der Waals surface area contributed by atoms with Crippen LogP contribution in [0.5, 0.6) is 5.75 Å². The summed E-state index contributed by atoms with van der Waals surface area (Å²) >= 11 is 7.69. The fourth-order valence-corrected chi connectivity index (χ4v) is 2.66. The molecule has 0 atom stereocenters. The number of hydrogen-bond acceptors (Lipinski definition) is 2. The second-order valence-electron chi connectivity index (χ2n) is 3.27. The van der Waals surface area contributed by atoms with Crippen LogP contribution in [0.15, 0.2) is 29.6 Å². The second kappa shape index (κ2) is 4.25. The van der Waals surface area contributed by atoms with Gasteiger partial charge in [0.15, 0.2) is 0 Å². The topological polar surface area (TPSA) is 9.23 Å². The molecule has 0 N–H and O–H groups in total. The highest BCUT2D eigenvalue weighted by molar-refractivity contribution is 7.14. The molecule has 1 aromatic carbocycles. The first-order valence-electron chi connectivity index (χ1n) is 4.60. The maximum Gasteiger partial charge on any atom is 0.118 e. The molecule has 15 heavy (non-hydrogen) atoms. The van der Waals surface area contributed by atoms with E-state index >= 15 is 0 Å². The van der Waals surface area contributed by atoms with Crippen LogP contribution in [0.25, 0.3) is 10.4 Å². The minimum Gasteiger partial charge on any atom is -0.497 e. The van der Waals surface area contributed by atoms with Crippen molar-refractivity contribution >= 4 is 22.9 Å². The third-order valence-electron chi connectivity index (χ3n) is 2.33. The molecule has 0 aliphatic heterocycles. The van der Waals surface area contributed by atoms with E-state index in [0.717, 1.165) is 16.3 Å². The average molecular weight is 239 g/mol. The van der Waals surface area contributed by atoms with E-state index in [9.17, 15) is 0 Å². The van der Waals surface area contributed by atoms with Crippen LogP contribution in [0.2, 0.25) is 5.02 Å². The van der Waals surface area contributed by atoms with E-state index in [0.29, 0.717) is 0 Å². The molecule has 2 rings (SSSR count). The molecule has 1 aromatic heterocycles. The highest BCUT2D eigenvalue weighted by Crippen LogP contribution is 2.35. The molecule has 3 heteroatoms. The monoisotopic (exact) mass is 238 g/mol. The van der Waals surface area contributed by atoms with Crippen LogP contribution >= 0.6 is 22.9 Å². The Labute approximate surface area is 98.3 Å². The van der Waals surface area contributed by atoms with E-state index in [-0.39, 0.29) is 0 Å². The largest absolute Gasteiger partial charge is 0.497 e. The molecule has 0 unspecified atom stereocenters. The summed E-state index contributed by atoms with van der Waals surface area (Å²) < 4.78 is 5.12. The highest BCUT2D eigenvalue weighted by atomic mass is 35.5. The minimum absolute atomic E-state index is 0.839. The Bertz CT molecular complexity index is 459. The number of thiophene rings is 1. The molecule has 0 aliphatic rings. The van der Waals surface area contributed by atoms with Gasteiger partial charge in [-0.05, 0) is 42.3 Å². The van der Waals surface area contributed by atoms with Gasteiger partial charge in [-0.2, -0.15) is 0 Å². The van der Waals surface area contributed by atoms with Gasteiger partial charge in [0.25, 0.3) is 0 Å². The number of benzene rings is 1. The van der Waals surface area contributed by atoms with Crippen molar-refractivity contribution in [1.29, 1.82) is 0 Å². The summed E-state index contributed by atoms with van der Waals surface area (Å²) in [7, 11) is 1.67. The van der Waals surface area contributed by atoms with Gasteiger partial charge in [-0.1, -0.05) is 11.6 Å². The van der Waals surface area contributed by atoms with Gasteiger partial charge >= 0.3 is 0 Å². The van der Waals surface area contributed by atoms with E-state index in [1.54, 1.807) is 18.4 Å². The molecule has 78 valence electrons. The maximum atomic E-state index is 6.02. The van der Waals surface area contributed by atoms with E-state index in [1.165, 1.54) is 10.4 Å². The van der Waals surface area contributed by atoms with E-state index < -0.39 is 0 Å². The van der Waals surface area contributed by atoms with Crippen LogP contribution in [0, 0.1) is 6.92 Å². The van der Waals surface area contributed by atoms with Gasteiger partial charge in [-0.15, -0.1) is 11.3 Å². The second-order valence-corrected chi connectivity index (χ2v) is 4.55. The minimum atomic E-state index is 0.839. The normalized spacial score (nSPS) is 10.3. The van der Waals surface area contributed by atoms with Crippen molar-refractivity contribution in [2.75, 3.05) is 7.11 Å². The third-order valence-corrected chi connectivity index (χ3v) is 3.98. The number of hydrogen-bond donors (Lipinski definition) is 0. The number of methoxy groups -OCH3 is 1. The molecule has 0 bridgehead atoms. The number of halogens is 1. The van der Waals surface area contributed by atoms with Crippen LogP contribution in [-0.2, 0) is 0 Å². The fourth-order valence-electron chi connectivity index (χ4n) is 1.42. The number of rotatable bonds is 2. The predicted molar refractivity (Wildman–Crippen MR) is 66.1 cm³/mol. The van der Waals surface area contributed by atoms with Gasteiger partial charge < -0.3 is 4.74 Å². The molecule has 0 saturated heterocycles. The summed E-state index contributed by atoms with van der Waals surface area (Å²) in [6.45, 7) is 2.04. The SMILES string of the molecule is COc1ccc(-c2scc(Cl)c2C)cc1. The van der Waals surface area contributed by atoms with Gasteiger partial charge in [0.2, 0.25) is 0 Å². The zero-order chi connectivity index (χ0) is 10.8. The lowest BCUT2D eigenvalue weighted by molar-refractivity contribution is 0.415. The van der Waals surface area contributed by atoms with E-state index in [1.807, 2.05) is 36.6 Å². The first-order valence-corrected chi connectivity index (χ1v) is 5.86. The Kier molecular flexibility index (Phi) is 2.98. The van der Waals surface area contributed by atoms with Gasteiger partial charge in [-0.3, -0.25) is 0 Å². The average Bonchev–Trinajstić information content (AvgIpc) is 2.60. The lowest BCUT2D eigenvalue weighted by atomic mass is 10.1. The van der Waals surface area contributed by atoms with Crippen molar-refractivity contribution in [3.8, 4) is 16.2 Å². The Morgan fingerprint density at radius 3 is 2.33 bits per heavy atom. The zero-order valence-corrected chi connectivity index (χ0v) is 10.2. The molecule has 1 heterocycles. The summed E-state index contributed by atoms with van der Waals surface area (Å²) in [6.07, 6.45) is 0. The van der Waals surface area contributed by atoms with Gasteiger partial charge in [0.1, 0.15) is 5.75 Å². The lowest BCUT2D eigenvalue weighted by Crippen LogP contribution is -1.82. The molecule has 1 nitrogen and oxygen atoms in total. The number of ether oxygens (including phenoxy) is 1. The summed E-state index contributed by atoms with van der Waals surface area (Å²) in [4.78, 5) is 1.22. The molecule has 0 amide bonds. The van der Waals surface area contributed by atoms with Crippen LogP contribution in [0.4, 0.5) is 0 Å². The third kappa shape index (κ3) is 2.01. The Hall–Kier alpha value is -0.990. The summed E-state index contributed by atoms with van der Waals surface area (Å²) in [6, 6.07) is 8.02. The smallest absolute Gasteiger partial charge is 0.118 e. The first kappa shape index (κ1) is 10.5. The van der Waals surface area contributed by atoms with Crippen LogP contribution < -0.4 is 4.74 Å². The predicted octanol–water partition coefficient (Wildman–Crippen LogP) is 4.39. The molecule has 0 spiro atoms. The summed E-state index contributed by atoms with van der Waals surface area (Å²) in [5, 5.41) is 2.81. The van der Waals surface area contributed by atoms with Crippen molar-refractivity contribution in [3.63, 3.8) is 0 Å². The maximum absolute atomic E-state index is 6.02. The van der Waals surface area contributed by atoms with Crippen molar-refractivity contribution < 1.29 is 4.74 Å². The molecule has 2 aromatic rings. The molecular weight excluding hydrogens is 228 g/mol. The summed E-state index contributed by atoms with van der Waals surface area (Å²) in [5.41, 5.74) is 2.33. The van der Waals surface area contributed by atoms with E-state index in [4.69, 9.17) is 16.3 Å². The van der Waals surface area contributed by atoms with Crippen molar-refractivity contribution in [2.45, 2.75) is 6.92 Å². The van der Waals surface area contributed by atoms with Gasteiger partial charge in [0, 0.05) is 10.3 Å². The Morgan fingerprint density at radius 2 is 1.87 bits per heavy atom. The van der Waals surface area contributed by atoms with Crippen LogP contribution in [0.3, 0.4) is 0 Å². The molecule has 0 fully saturated rings. The molecule has 0 aliphatic carbocycles. The van der Waals surface area contributed by atoms with Crippen molar-refractivity contribution in [3.05, 3.63) is 40.2 Å². The summed E-state index contributed by atoms with van der Waals surface area (Å²) in [5.74, 6) is 0.874. The lowest BCUT2D eigenvalue weighted by Gasteiger charge is -2.02. The zero-order valence-electron chi connectivity index (χ0n) is 8.58. The quantitative estimate of drug-likeness (QED) is 0.754. The van der Waals surface area contributed by atoms with Crippen LogP contribution in [0.1, 0.15) is 5.56 Å². The Morgan fingerprint density at radius 1 is 1.20 bits per heavy atom. The molecular formula is C12H11ClOS. The standard InChI is InChI=1S/C12H11ClOS/c1-8-11(13)7-15-12(8)9-3-5-10(14-2)6-4-9/h3-7H,1-2H3. The van der Waals surface area contributed by atoms with Crippen LogP contribution in [-0.4, -0.2) is 7.11 Å². The van der Waals surface area contributed by atoms with E-state index in [2.05, 4.69) is 0 Å².